The van der Waals surface area contributed by atoms with Crippen molar-refractivity contribution in [3.8, 4) is 11.5 Å². The average molecular weight is 614 g/mol. The normalized spacial score (nSPS) is 15.2. The molecule has 41 heavy (non-hydrogen) atoms. The summed E-state index contributed by atoms with van der Waals surface area (Å²) in [5.41, 5.74) is 0.983. The van der Waals surface area contributed by atoms with E-state index >= 15 is 0 Å². The van der Waals surface area contributed by atoms with Crippen molar-refractivity contribution >= 4 is 49.9 Å². The van der Waals surface area contributed by atoms with Crippen LogP contribution in [0.25, 0.3) is 0 Å². The Hall–Kier alpha value is -3.55. The Morgan fingerprint density at radius 2 is 1.76 bits per heavy atom. The van der Waals surface area contributed by atoms with Crippen LogP contribution < -0.4 is 15.0 Å². The van der Waals surface area contributed by atoms with Gasteiger partial charge in [0.05, 0.1) is 15.6 Å². The number of hydrogen-bond donors (Lipinski definition) is 2. The molecule has 4 aromatic rings. The van der Waals surface area contributed by atoms with Crippen molar-refractivity contribution in [2.75, 3.05) is 36.4 Å². The first-order valence-corrected chi connectivity index (χ1v) is 15.5. The van der Waals surface area contributed by atoms with E-state index in [0.717, 1.165) is 5.75 Å². The second kappa shape index (κ2) is 12.5. The van der Waals surface area contributed by atoms with E-state index in [-0.39, 0.29) is 28.2 Å². The molecular weight excluding hydrogens is 586 g/mol. The number of ether oxygens (including phenoxy) is 1. The van der Waals surface area contributed by atoms with Gasteiger partial charge in [-0.15, -0.1) is 0 Å². The molecule has 1 aliphatic rings. The summed E-state index contributed by atoms with van der Waals surface area (Å²) in [6.45, 7) is 2.92. The number of para-hydroxylation sites is 1. The smallest absolute Gasteiger partial charge is 0.243 e. The number of carbonyl (C=O) groups is 1. The maximum absolute atomic E-state index is 13.3. The second-order valence-corrected chi connectivity index (χ2v) is 12.5. The largest absolute Gasteiger partial charge is 0.457 e. The van der Waals surface area contributed by atoms with Crippen LogP contribution in [-0.2, 0) is 14.8 Å². The number of carbonyl (C=O) groups excluding carboxylic acids is 1. The van der Waals surface area contributed by atoms with Gasteiger partial charge in [-0.3, -0.25) is 4.79 Å². The van der Waals surface area contributed by atoms with Crippen molar-refractivity contribution in [2.45, 2.75) is 24.3 Å². The summed E-state index contributed by atoms with van der Waals surface area (Å²) in [7, 11) is -3.80. The summed E-state index contributed by atoms with van der Waals surface area (Å²) in [4.78, 5) is 17.9. The van der Waals surface area contributed by atoms with Gasteiger partial charge in [-0.2, -0.15) is 8.68 Å². The minimum Gasteiger partial charge on any atom is -0.457 e. The number of anilines is 2. The maximum Gasteiger partial charge on any atom is 0.243 e. The first-order chi connectivity index (χ1) is 19.7. The van der Waals surface area contributed by atoms with Gasteiger partial charge in [-0.05, 0) is 54.4 Å². The molecule has 0 spiro atoms. The lowest BCUT2D eigenvalue weighted by Crippen LogP contribution is -2.35. The van der Waals surface area contributed by atoms with Gasteiger partial charge in [0.2, 0.25) is 21.1 Å². The summed E-state index contributed by atoms with van der Waals surface area (Å²) >= 11 is 7.39. The molecule has 1 saturated heterocycles. The number of sulfonamides is 1. The lowest BCUT2D eigenvalue weighted by atomic mass is 10.1. The van der Waals surface area contributed by atoms with Crippen LogP contribution in [0.1, 0.15) is 30.8 Å². The molecule has 0 bridgehead atoms. The zero-order chi connectivity index (χ0) is 29.0. The predicted octanol–water partition coefficient (Wildman–Crippen LogP) is 4.92. The number of halogens is 1. The fourth-order valence-corrected chi connectivity index (χ4v) is 6.92. The van der Waals surface area contributed by atoms with E-state index in [1.165, 1.54) is 41.0 Å². The molecule has 1 atom stereocenters. The van der Waals surface area contributed by atoms with Crippen LogP contribution >= 0.6 is 23.1 Å². The number of aliphatic hydroxyl groups is 1. The third kappa shape index (κ3) is 6.85. The number of rotatable bonds is 8. The highest BCUT2D eigenvalue weighted by Crippen LogP contribution is 2.30. The fraction of sp³-hybridized carbons (Fsp3) is 0.250. The van der Waals surface area contributed by atoms with Crippen LogP contribution in [0, 0.1) is 0 Å². The molecule has 5 rings (SSSR count). The number of hydrogen-bond acceptors (Lipinski definition) is 9. The van der Waals surface area contributed by atoms with Crippen LogP contribution in [0.15, 0.2) is 77.7 Å². The number of nitrogens with one attached hydrogen (secondary N) is 1. The predicted molar refractivity (Wildman–Crippen MR) is 158 cm³/mol. The fourth-order valence-electron chi connectivity index (χ4n) is 4.38. The number of benzene rings is 3. The Morgan fingerprint density at radius 1 is 1.02 bits per heavy atom. The van der Waals surface area contributed by atoms with Gasteiger partial charge in [0.15, 0.2) is 5.82 Å². The first kappa shape index (κ1) is 29.0. The Balaban J connectivity index is 1.22. The molecular formula is C28H28ClN5O5S2. The Morgan fingerprint density at radius 3 is 2.46 bits per heavy atom. The van der Waals surface area contributed by atoms with Gasteiger partial charge in [0.1, 0.15) is 17.6 Å². The summed E-state index contributed by atoms with van der Waals surface area (Å²) in [5.74, 6) is 1.35. The standard InChI is InChI=1S/C28H28ClN5O5S2/c1-19(35)30-25-13-12-23(18-24(25)29)41(37,38)34-15-5-14-33(16-17-34)28-31-27(32-40-28)26(36)20-8-10-22(11-9-20)39-21-6-3-2-4-7-21/h2-4,6-13,18,26,36H,5,14-17H2,1H3,(H,30,35). The number of amides is 1. The van der Waals surface area contributed by atoms with Crippen LogP contribution in [0.5, 0.6) is 11.5 Å². The maximum atomic E-state index is 13.3. The molecule has 0 saturated carbocycles. The van der Waals surface area contributed by atoms with Gasteiger partial charge in [-0.25, -0.2) is 13.4 Å². The molecule has 0 radical (unpaired) electrons. The summed E-state index contributed by atoms with van der Waals surface area (Å²) in [6.07, 6.45) is -0.433. The molecule has 2 heterocycles. The van der Waals surface area contributed by atoms with Gasteiger partial charge in [0, 0.05) is 44.6 Å². The Labute approximate surface area is 247 Å². The zero-order valence-corrected chi connectivity index (χ0v) is 24.5. The molecule has 1 aliphatic heterocycles. The van der Waals surface area contributed by atoms with Crippen LogP contribution in [-0.4, -0.2) is 59.3 Å². The van der Waals surface area contributed by atoms with E-state index in [1.807, 2.05) is 35.2 Å². The third-order valence-corrected chi connectivity index (χ3v) is 9.46. The number of nitrogens with zero attached hydrogens (tertiary/aromatic N) is 4. The topological polar surface area (TPSA) is 125 Å². The molecule has 214 valence electrons. The minimum atomic E-state index is -3.80. The molecule has 1 amide bonds. The van der Waals surface area contributed by atoms with Gasteiger partial charge in [-0.1, -0.05) is 41.9 Å². The highest BCUT2D eigenvalue weighted by Gasteiger charge is 2.29. The van der Waals surface area contributed by atoms with E-state index in [0.29, 0.717) is 48.2 Å². The minimum absolute atomic E-state index is 0.0616. The average Bonchev–Trinajstić information content (AvgIpc) is 3.31. The van der Waals surface area contributed by atoms with E-state index in [1.54, 1.807) is 24.3 Å². The molecule has 10 nitrogen and oxygen atoms in total. The van der Waals surface area contributed by atoms with Gasteiger partial charge < -0.3 is 20.1 Å². The monoisotopic (exact) mass is 613 g/mol. The van der Waals surface area contributed by atoms with E-state index < -0.39 is 16.1 Å². The quantitative estimate of drug-likeness (QED) is 0.287. The SMILES string of the molecule is CC(=O)Nc1ccc(S(=O)(=O)N2CCCN(c3nc(C(O)c4ccc(Oc5ccccc5)cc4)ns3)CC2)cc1Cl. The van der Waals surface area contributed by atoms with Crippen molar-refractivity contribution in [3.63, 3.8) is 0 Å². The summed E-state index contributed by atoms with van der Waals surface area (Å²) in [6, 6.07) is 20.8. The first-order valence-electron chi connectivity index (χ1n) is 12.9. The Kier molecular flexibility index (Phi) is 8.85. The zero-order valence-electron chi connectivity index (χ0n) is 22.1. The number of aromatic nitrogens is 2. The summed E-state index contributed by atoms with van der Waals surface area (Å²) in [5, 5.41) is 14.2. The highest BCUT2D eigenvalue weighted by molar-refractivity contribution is 7.89. The molecule has 2 N–H and O–H groups in total. The molecule has 13 heteroatoms. The van der Waals surface area contributed by atoms with E-state index in [4.69, 9.17) is 16.3 Å². The van der Waals surface area contributed by atoms with Crippen molar-refractivity contribution in [1.29, 1.82) is 0 Å². The third-order valence-electron chi connectivity index (χ3n) is 6.46. The van der Waals surface area contributed by atoms with Crippen molar-refractivity contribution in [2.24, 2.45) is 0 Å². The lowest BCUT2D eigenvalue weighted by Gasteiger charge is -2.21. The number of aliphatic hydroxyl groups excluding tert-OH is 1. The molecule has 0 aliphatic carbocycles. The second-order valence-electron chi connectivity index (χ2n) is 9.39. The molecule has 1 aromatic heterocycles. The molecule has 1 unspecified atom stereocenters. The Bertz CT molecular complexity index is 1620. The van der Waals surface area contributed by atoms with Crippen molar-refractivity contribution < 1.29 is 23.1 Å². The van der Waals surface area contributed by atoms with Crippen molar-refractivity contribution in [1.82, 2.24) is 13.7 Å². The van der Waals surface area contributed by atoms with Crippen molar-refractivity contribution in [3.05, 3.63) is 89.2 Å². The molecule has 3 aromatic carbocycles. The lowest BCUT2D eigenvalue weighted by molar-refractivity contribution is -0.114. The summed E-state index contributed by atoms with van der Waals surface area (Å²) < 4.78 is 38.3. The highest BCUT2D eigenvalue weighted by atomic mass is 35.5. The van der Waals surface area contributed by atoms with Gasteiger partial charge >= 0.3 is 0 Å². The van der Waals surface area contributed by atoms with Gasteiger partial charge in [0.25, 0.3) is 0 Å². The van der Waals surface area contributed by atoms with Crippen LogP contribution in [0.2, 0.25) is 5.02 Å². The van der Waals surface area contributed by atoms with Crippen LogP contribution in [0.4, 0.5) is 10.8 Å². The van der Waals surface area contributed by atoms with Crippen LogP contribution in [0.3, 0.4) is 0 Å². The van der Waals surface area contributed by atoms with E-state index in [9.17, 15) is 18.3 Å². The molecule has 1 fully saturated rings. The van der Waals surface area contributed by atoms with E-state index in [2.05, 4.69) is 14.7 Å².